The Bertz CT molecular complexity index is 384. The monoisotopic (exact) mass is 226 g/mol. The van der Waals surface area contributed by atoms with Gasteiger partial charge < -0.3 is 5.73 Å². The first-order valence-electron chi connectivity index (χ1n) is 5.50. The molecule has 0 aromatic carbocycles. The summed E-state index contributed by atoms with van der Waals surface area (Å²) in [7, 11) is 0. The lowest BCUT2D eigenvalue weighted by Crippen LogP contribution is -2.23. The third-order valence-electron chi connectivity index (χ3n) is 3.25. The molecule has 3 N–H and O–H groups in total. The predicted octanol–water partition coefficient (Wildman–Crippen LogP) is 2.52. The average Bonchev–Trinajstić information content (AvgIpc) is 2.44. The standard InChI is InChI=1S/C10H18N4S/c1-6-3-7(2)5-8(4-6)14-9(11)12-13-10(14)15/h6-8H,3-5H2,1-2H3,(H2,11,12)(H,13,15). The van der Waals surface area contributed by atoms with Gasteiger partial charge in [-0.15, -0.1) is 5.10 Å². The van der Waals surface area contributed by atoms with Crippen molar-refractivity contribution in [2.75, 3.05) is 5.73 Å². The van der Waals surface area contributed by atoms with E-state index in [9.17, 15) is 0 Å². The summed E-state index contributed by atoms with van der Waals surface area (Å²) in [6.45, 7) is 4.59. The van der Waals surface area contributed by atoms with Crippen LogP contribution in [0.5, 0.6) is 0 Å². The summed E-state index contributed by atoms with van der Waals surface area (Å²) in [5.74, 6) is 2.01. The van der Waals surface area contributed by atoms with Gasteiger partial charge in [-0.1, -0.05) is 13.8 Å². The van der Waals surface area contributed by atoms with Crippen molar-refractivity contribution < 1.29 is 0 Å². The Morgan fingerprint density at radius 2 is 1.93 bits per heavy atom. The van der Waals surface area contributed by atoms with E-state index >= 15 is 0 Å². The summed E-state index contributed by atoms with van der Waals surface area (Å²) in [4.78, 5) is 0. The molecule has 0 saturated heterocycles. The Hall–Kier alpha value is -0.840. The van der Waals surface area contributed by atoms with Gasteiger partial charge in [0.2, 0.25) is 5.95 Å². The molecule has 1 aliphatic carbocycles. The van der Waals surface area contributed by atoms with E-state index in [1.54, 1.807) is 0 Å². The first-order chi connectivity index (χ1) is 7.08. The van der Waals surface area contributed by atoms with E-state index in [-0.39, 0.29) is 0 Å². The van der Waals surface area contributed by atoms with Crippen LogP contribution >= 0.6 is 12.2 Å². The van der Waals surface area contributed by atoms with Crippen molar-refractivity contribution in [1.29, 1.82) is 0 Å². The Balaban J connectivity index is 2.27. The second kappa shape index (κ2) is 3.96. The van der Waals surface area contributed by atoms with E-state index in [1.165, 1.54) is 6.42 Å². The summed E-state index contributed by atoms with van der Waals surface area (Å²) < 4.78 is 2.63. The largest absolute Gasteiger partial charge is 0.368 e. The quantitative estimate of drug-likeness (QED) is 0.723. The number of nitrogens with two attached hydrogens (primary N) is 1. The third kappa shape index (κ3) is 2.07. The van der Waals surface area contributed by atoms with Gasteiger partial charge in [-0.05, 0) is 43.3 Å². The van der Waals surface area contributed by atoms with Crippen LogP contribution in [0, 0.1) is 16.6 Å². The fraction of sp³-hybridized carbons (Fsp3) is 0.800. The van der Waals surface area contributed by atoms with Gasteiger partial charge in [0.25, 0.3) is 0 Å². The van der Waals surface area contributed by atoms with Crippen LogP contribution < -0.4 is 5.73 Å². The molecule has 0 spiro atoms. The van der Waals surface area contributed by atoms with Crippen LogP contribution in [0.2, 0.25) is 0 Å². The summed E-state index contributed by atoms with van der Waals surface area (Å²) >= 11 is 5.20. The lowest BCUT2D eigenvalue weighted by Gasteiger charge is -2.32. The lowest BCUT2D eigenvalue weighted by molar-refractivity contribution is 0.221. The predicted molar refractivity (Wildman–Crippen MR) is 63.0 cm³/mol. The first-order valence-corrected chi connectivity index (χ1v) is 5.91. The van der Waals surface area contributed by atoms with Gasteiger partial charge in [-0.2, -0.15) is 0 Å². The lowest BCUT2D eigenvalue weighted by atomic mass is 9.80. The second-order valence-corrected chi connectivity index (χ2v) is 5.21. The molecule has 0 bridgehead atoms. The van der Waals surface area contributed by atoms with Crippen molar-refractivity contribution in [3.05, 3.63) is 4.77 Å². The van der Waals surface area contributed by atoms with E-state index in [0.29, 0.717) is 16.8 Å². The van der Waals surface area contributed by atoms with Gasteiger partial charge in [0.15, 0.2) is 4.77 Å². The summed E-state index contributed by atoms with van der Waals surface area (Å²) in [5.41, 5.74) is 5.82. The van der Waals surface area contributed by atoms with Crippen molar-refractivity contribution >= 4 is 18.2 Å². The molecule has 2 rings (SSSR count). The molecule has 1 aromatic heterocycles. The highest BCUT2D eigenvalue weighted by Gasteiger charge is 2.26. The first kappa shape index (κ1) is 10.7. The third-order valence-corrected chi connectivity index (χ3v) is 3.54. The van der Waals surface area contributed by atoms with Crippen LogP contribution in [0.15, 0.2) is 0 Å². The number of nitrogens with zero attached hydrogens (tertiary/aromatic N) is 2. The van der Waals surface area contributed by atoms with Crippen LogP contribution in [0.1, 0.15) is 39.2 Å². The average molecular weight is 226 g/mol. The molecule has 84 valence electrons. The molecule has 15 heavy (non-hydrogen) atoms. The smallest absolute Gasteiger partial charge is 0.220 e. The number of nitrogen functional groups attached to an aromatic ring is 1. The maximum atomic E-state index is 5.82. The topological polar surface area (TPSA) is 59.6 Å². The Kier molecular flexibility index (Phi) is 2.82. The second-order valence-electron chi connectivity index (χ2n) is 4.83. The van der Waals surface area contributed by atoms with Crippen molar-refractivity contribution in [2.24, 2.45) is 11.8 Å². The molecule has 0 amide bonds. The number of aromatic nitrogens is 3. The molecule has 5 heteroatoms. The SMILES string of the molecule is CC1CC(C)CC(n2c(N)n[nH]c2=S)C1. The fourth-order valence-electron chi connectivity index (χ4n) is 2.79. The summed E-state index contributed by atoms with van der Waals surface area (Å²) in [6.07, 6.45) is 3.62. The molecule has 2 unspecified atom stereocenters. The molecular formula is C10H18N4S. The molecule has 0 radical (unpaired) electrons. The van der Waals surface area contributed by atoms with Gasteiger partial charge in [0, 0.05) is 6.04 Å². The van der Waals surface area contributed by atoms with E-state index in [4.69, 9.17) is 18.0 Å². The number of rotatable bonds is 1. The minimum Gasteiger partial charge on any atom is -0.368 e. The van der Waals surface area contributed by atoms with E-state index in [2.05, 4.69) is 24.0 Å². The van der Waals surface area contributed by atoms with Crippen LogP contribution in [0.4, 0.5) is 5.95 Å². The van der Waals surface area contributed by atoms with Crippen LogP contribution in [0.3, 0.4) is 0 Å². The highest BCUT2D eigenvalue weighted by atomic mass is 32.1. The van der Waals surface area contributed by atoms with Crippen molar-refractivity contribution in [3.8, 4) is 0 Å². The van der Waals surface area contributed by atoms with E-state index in [1.807, 2.05) is 4.57 Å². The molecule has 1 fully saturated rings. The number of aromatic amines is 1. The molecule has 2 atom stereocenters. The molecule has 1 saturated carbocycles. The van der Waals surface area contributed by atoms with Gasteiger partial charge in [-0.25, -0.2) is 5.10 Å². The van der Waals surface area contributed by atoms with Crippen LogP contribution in [-0.2, 0) is 0 Å². The molecule has 1 aromatic rings. The van der Waals surface area contributed by atoms with Crippen LogP contribution in [0.25, 0.3) is 0 Å². The van der Waals surface area contributed by atoms with E-state index in [0.717, 1.165) is 24.7 Å². The Morgan fingerprint density at radius 1 is 1.33 bits per heavy atom. The van der Waals surface area contributed by atoms with Crippen LogP contribution in [-0.4, -0.2) is 14.8 Å². The van der Waals surface area contributed by atoms with Crippen molar-refractivity contribution in [2.45, 2.75) is 39.2 Å². The molecule has 0 aliphatic heterocycles. The molecule has 4 nitrogen and oxygen atoms in total. The van der Waals surface area contributed by atoms with Crippen molar-refractivity contribution in [1.82, 2.24) is 14.8 Å². The molecule has 1 aliphatic rings. The minimum atomic E-state index is 0.426. The molecule has 1 heterocycles. The maximum absolute atomic E-state index is 5.82. The van der Waals surface area contributed by atoms with E-state index < -0.39 is 0 Å². The molecular weight excluding hydrogens is 208 g/mol. The minimum absolute atomic E-state index is 0.426. The number of hydrogen-bond donors (Lipinski definition) is 2. The zero-order chi connectivity index (χ0) is 11.0. The maximum Gasteiger partial charge on any atom is 0.220 e. The van der Waals surface area contributed by atoms with Gasteiger partial charge in [0.05, 0.1) is 0 Å². The fourth-order valence-corrected chi connectivity index (χ4v) is 3.07. The number of H-pyrrole nitrogens is 1. The van der Waals surface area contributed by atoms with Crippen molar-refractivity contribution in [3.63, 3.8) is 0 Å². The number of nitrogens with one attached hydrogen (secondary N) is 1. The highest BCUT2D eigenvalue weighted by molar-refractivity contribution is 7.71. The number of anilines is 1. The van der Waals surface area contributed by atoms with Gasteiger partial charge >= 0.3 is 0 Å². The number of hydrogen-bond acceptors (Lipinski definition) is 3. The van der Waals surface area contributed by atoms with Gasteiger partial charge in [-0.3, -0.25) is 4.57 Å². The Morgan fingerprint density at radius 3 is 2.40 bits per heavy atom. The summed E-state index contributed by atoms with van der Waals surface area (Å²) in [6, 6.07) is 0.426. The highest BCUT2D eigenvalue weighted by Crippen LogP contribution is 2.36. The zero-order valence-electron chi connectivity index (χ0n) is 9.23. The zero-order valence-corrected chi connectivity index (χ0v) is 10.0. The Labute approximate surface area is 94.9 Å². The summed E-state index contributed by atoms with van der Waals surface area (Å²) in [5, 5.41) is 6.72. The normalized spacial score (nSPS) is 31.7. The van der Waals surface area contributed by atoms with Gasteiger partial charge in [0.1, 0.15) is 0 Å².